The molecule has 1 rings (SSSR count). The van der Waals surface area contributed by atoms with Crippen LogP contribution < -0.4 is 0 Å². The summed E-state index contributed by atoms with van der Waals surface area (Å²) in [6, 6.07) is 0. The standard InChI is InChI=1S/C15H25NO8/c1-20-7-8-22-11-12-23-10-9-21-6-2-3-15(19)24-16-13(17)4-5-14(16)18/h2-12H2,1H3. The van der Waals surface area contributed by atoms with Gasteiger partial charge in [0, 0.05) is 26.6 Å². The first kappa shape index (κ1) is 20.5. The third-order valence-electron chi connectivity index (χ3n) is 3.04. The second-order valence-electron chi connectivity index (χ2n) is 4.98. The number of hydroxylamine groups is 2. The molecule has 0 aromatic carbocycles. The Bertz CT molecular complexity index is 385. The van der Waals surface area contributed by atoms with Crippen LogP contribution in [0.2, 0.25) is 0 Å². The van der Waals surface area contributed by atoms with Gasteiger partial charge in [0.05, 0.1) is 46.1 Å². The predicted molar refractivity (Wildman–Crippen MR) is 80.7 cm³/mol. The molecule has 0 aliphatic carbocycles. The van der Waals surface area contributed by atoms with Gasteiger partial charge in [-0.3, -0.25) is 9.59 Å². The fourth-order valence-corrected chi connectivity index (χ4v) is 1.81. The molecule has 0 bridgehead atoms. The Hall–Kier alpha value is -1.55. The molecule has 24 heavy (non-hydrogen) atoms. The summed E-state index contributed by atoms with van der Waals surface area (Å²) in [5.41, 5.74) is 0. The molecule has 0 atom stereocenters. The van der Waals surface area contributed by atoms with Crippen molar-refractivity contribution in [3.8, 4) is 0 Å². The van der Waals surface area contributed by atoms with E-state index in [0.29, 0.717) is 57.7 Å². The quantitative estimate of drug-likeness (QED) is 0.321. The second-order valence-corrected chi connectivity index (χ2v) is 4.98. The van der Waals surface area contributed by atoms with Crippen molar-refractivity contribution in [1.82, 2.24) is 5.06 Å². The maximum Gasteiger partial charge on any atom is 0.333 e. The van der Waals surface area contributed by atoms with E-state index < -0.39 is 17.8 Å². The highest BCUT2D eigenvalue weighted by Crippen LogP contribution is 2.12. The van der Waals surface area contributed by atoms with Crippen LogP contribution in [0, 0.1) is 0 Å². The molecule has 0 unspecified atom stereocenters. The molecule has 0 aromatic heterocycles. The third-order valence-corrected chi connectivity index (χ3v) is 3.04. The monoisotopic (exact) mass is 347 g/mol. The molecule has 9 heteroatoms. The Balaban J connectivity index is 1.87. The molecule has 0 radical (unpaired) electrons. The number of carbonyl (C=O) groups is 3. The Kier molecular flexibility index (Phi) is 10.9. The highest BCUT2D eigenvalue weighted by Gasteiger charge is 2.32. The van der Waals surface area contributed by atoms with Crippen molar-refractivity contribution in [2.45, 2.75) is 25.7 Å². The van der Waals surface area contributed by atoms with E-state index in [1.807, 2.05) is 0 Å². The number of ether oxygens (including phenoxy) is 4. The summed E-state index contributed by atoms with van der Waals surface area (Å²) in [6.45, 7) is 3.31. The van der Waals surface area contributed by atoms with Crippen molar-refractivity contribution in [1.29, 1.82) is 0 Å². The minimum Gasteiger partial charge on any atom is -0.382 e. The van der Waals surface area contributed by atoms with Gasteiger partial charge in [0.25, 0.3) is 11.8 Å². The zero-order valence-electron chi connectivity index (χ0n) is 14.0. The van der Waals surface area contributed by atoms with Crippen molar-refractivity contribution >= 4 is 17.8 Å². The average Bonchev–Trinajstić information content (AvgIpc) is 2.88. The van der Waals surface area contributed by atoms with Gasteiger partial charge in [-0.15, -0.1) is 5.06 Å². The SMILES string of the molecule is COCCOCCOCCOCCCC(=O)ON1C(=O)CCC1=O. The van der Waals surface area contributed by atoms with Crippen molar-refractivity contribution in [2.75, 3.05) is 53.4 Å². The van der Waals surface area contributed by atoms with Gasteiger partial charge in [0.2, 0.25) is 0 Å². The number of carbonyl (C=O) groups excluding carboxylic acids is 3. The number of hydrogen-bond donors (Lipinski definition) is 0. The number of nitrogens with zero attached hydrogens (tertiary/aromatic N) is 1. The molecular weight excluding hydrogens is 322 g/mol. The average molecular weight is 347 g/mol. The van der Waals surface area contributed by atoms with Crippen LogP contribution in [0.3, 0.4) is 0 Å². The minimum atomic E-state index is -0.619. The van der Waals surface area contributed by atoms with E-state index in [0.717, 1.165) is 0 Å². The first-order valence-corrected chi connectivity index (χ1v) is 7.94. The first-order valence-electron chi connectivity index (χ1n) is 7.94. The van der Waals surface area contributed by atoms with Gasteiger partial charge in [-0.1, -0.05) is 0 Å². The van der Waals surface area contributed by atoms with Gasteiger partial charge >= 0.3 is 5.97 Å². The molecule has 1 fully saturated rings. The van der Waals surface area contributed by atoms with Gasteiger partial charge in [-0.25, -0.2) is 4.79 Å². The van der Waals surface area contributed by atoms with Crippen LogP contribution in [0.5, 0.6) is 0 Å². The molecule has 2 amide bonds. The summed E-state index contributed by atoms with van der Waals surface area (Å²) in [4.78, 5) is 38.8. The van der Waals surface area contributed by atoms with Crippen LogP contribution in [0.25, 0.3) is 0 Å². The van der Waals surface area contributed by atoms with Crippen molar-refractivity contribution in [3.05, 3.63) is 0 Å². The molecule has 9 nitrogen and oxygen atoms in total. The van der Waals surface area contributed by atoms with Crippen molar-refractivity contribution in [3.63, 3.8) is 0 Å². The van der Waals surface area contributed by atoms with Crippen molar-refractivity contribution in [2.24, 2.45) is 0 Å². The number of hydrogen-bond acceptors (Lipinski definition) is 8. The molecule has 0 N–H and O–H groups in total. The van der Waals surface area contributed by atoms with Gasteiger partial charge in [-0.05, 0) is 6.42 Å². The van der Waals surface area contributed by atoms with Gasteiger partial charge in [-0.2, -0.15) is 0 Å². The molecule has 1 aliphatic rings. The van der Waals surface area contributed by atoms with E-state index in [-0.39, 0.29) is 19.3 Å². The predicted octanol–water partition coefficient (Wildman–Crippen LogP) is 0.0700. The Morgan fingerprint density at radius 3 is 1.92 bits per heavy atom. The van der Waals surface area contributed by atoms with E-state index in [4.69, 9.17) is 23.8 Å². The Labute approximate surface area is 141 Å². The lowest BCUT2D eigenvalue weighted by molar-refractivity contribution is -0.197. The van der Waals surface area contributed by atoms with E-state index in [1.165, 1.54) is 0 Å². The molecule has 138 valence electrons. The zero-order chi connectivity index (χ0) is 17.6. The fourth-order valence-electron chi connectivity index (χ4n) is 1.81. The molecule has 1 aliphatic heterocycles. The summed E-state index contributed by atoms with van der Waals surface area (Å²) < 4.78 is 20.6. The van der Waals surface area contributed by atoms with Crippen LogP contribution in [-0.4, -0.2) is 76.2 Å². The lowest BCUT2D eigenvalue weighted by Gasteiger charge is -2.12. The summed E-state index contributed by atoms with van der Waals surface area (Å²) in [6.07, 6.45) is 0.694. The van der Waals surface area contributed by atoms with Gasteiger partial charge in [0.15, 0.2) is 0 Å². The fraction of sp³-hybridized carbons (Fsp3) is 0.800. The second kappa shape index (κ2) is 12.8. The maximum atomic E-state index is 11.5. The number of rotatable bonds is 14. The lowest BCUT2D eigenvalue weighted by atomic mass is 10.3. The zero-order valence-corrected chi connectivity index (χ0v) is 14.0. The summed E-state index contributed by atoms with van der Waals surface area (Å²) in [5.74, 6) is -1.58. The van der Waals surface area contributed by atoms with Gasteiger partial charge in [0.1, 0.15) is 0 Å². The molecule has 0 aromatic rings. The highest BCUT2D eigenvalue weighted by molar-refractivity contribution is 6.01. The van der Waals surface area contributed by atoms with Crippen LogP contribution in [0.15, 0.2) is 0 Å². The highest BCUT2D eigenvalue weighted by atomic mass is 16.7. The Morgan fingerprint density at radius 2 is 1.38 bits per heavy atom. The number of imide groups is 1. The topological polar surface area (TPSA) is 101 Å². The summed E-state index contributed by atoms with van der Waals surface area (Å²) >= 11 is 0. The third kappa shape index (κ3) is 8.92. The van der Waals surface area contributed by atoms with Crippen LogP contribution >= 0.6 is 0 Å². The first-order chi connectivity index (χ1) is 11.6. The summed E-state index contributed by atoms with van der Waals surface area (Å²) in [7, 11) is 1.61. The van der Waals surface area contributed by atoms with Crippen LogP contribution in [-0.2, 0) is 38.2 Å². The van der Waals surface area contributed by atoms with E-state index in [9.17, 15) is 14.4 Å². The summed E-state index contributed by atoms with van der Waals surface area (Å²) in [5, 5.41) is 0.547. The van der Waals surface area contributed by atoms with Crippen LogP contribution in [0.4, 0.5) is 0 Å². The normalized spacial score (nSPS) is 14.5. The number of amides is 2. The lowest BCUT2D eigenvalue weighted by Crippen LogP contribution is -2.32. The molecule has 1 heterocycles. The molecular formula is C15H25NO8. The van der Waals surface area contributed by atoms with Gasteiger partial charge < -0.3 is 23.8 Å². The molecule has 1 saturated heterocycles. The van der Waals surface area contributed by atoms with E-state index in [2.05, 4.69) is 0 Å². The number of methoxy groups -OCH3 is 1. The Morgan fingerprint density at radius 1 is 0.875 bits per heavy atom. The maximum absolute atomic E-state index is 11.5. The minimum absolute atomic E-state index is 0.0747. The molecule has 0 spiro atoms. The molecule has 0 saturated carbocycles. The smallest absolute Gasteiger partial charge is 0.333 e. The van der Waals surface area contributed by atoms with Crippen molar-refractivity contribution < 1.29 is 38.2 Å². The van der Waals surface area contributed by atoms with E-state index in [1.54, 1.807) is 7.11 Å². The van der Waals surface area contributed by atoms with Crippen LogP contribution in [0.1, 0.15) is 25.7 Å². The van der Waals surface area contributed by atoms with E-state index >= 15 is 0 Å². The largest absolute Gasteiger partial charge is 0.382 e.